The third kappa shape index (κ3) is 5.22. The smallest absolute Gasteiger partial charge is 0.312 e. The van der Waals surface area contributed by atoms with Crippen molar-refractivity contribution in [3.05, 3.63) is 48.6 Å². The van der Waals surface area contributed by atoms with E-state index in [-0.39, 0.29) is 29.9 Å². The molecule has 6 atom stereocenters. The number of likely N-dealkylation sites (tertiary alicyclic amines) is 1. The van der Waals surface area contributed by atoms with Crippen LogP contribution in [0.1, 0.15) is 44.6 Å². The van der Waals surface area contributed by atoms with Gasteiger partial charge in [-0.05, 0) is 31.7 Å². The highest BCUT2D eigenvalue weighted by Gasteiger charge is 2.77. The molecule has 202 valence electrons. The van der Waals surface area contributed by atoms with Gasteiger partial charge in [-0.15, -0.1) is 6.58 Å². The first-order valence-corrected chi connectivity index (χ1v) is 14.1. The maximum Gasteiger partial charge on any atom is 0.312 e. The van der Waals surface area contributed by atoms with Crippen molar-refractivity contribution in [3.63, 3.8) is 0 Å². The minimum Gasteiger partial charge on any atom is -0.466 e. The zero-order valence-corrected chi connectivity index (χ0v) is 23.0. The molecule has 9 heteroatoms. The largest absolute Gasteiger partial charge is 0.466 e. The lowest BCUT2D eigenvalue weighted by Gasteiger charge is -2.37. The first-order chi connectivity index (χ1) is 17.9. The van der Waals surface area contributed by atoms with Gasteiger partial charge in [-0.25, -0.2) is 0 Å². The minimum absolute atomic E-state index is 0.133. The van der Waals surface area contributed by atoms with Crippen molar-refractivity contribution in [2.75, 3.05) is 26.3 Å². The van der Waals surface area contributed by atoms with Gasteiger partial charge in [0.05, 0.1) is 24.5 Å². The molecule has 3 unspecified atom stereocenters. The van der Waals surface area contributed by atoms with Gasteiger partial charge < -0.3 is 24.4 Å². The van der Waals surface area contributed by atoms with Crippen LogP contribution in [0.25, 0.3) is 0 Å². The van der Waals surface area contributed by atoms with E-state index in [1.54, 1.807) is 22.8 Å². The summed E-state index contributed by atoms with van der Waals surface area (Å²) in [5.74, 6) is -2.35. The van der Waals surface area contributed by atoms with Crippen molar-refractivity contribution in [3.8, 4) is 0 Å². The molecule has 0 aromatic heterocycles. The van der Waals surface area contributed by atoms with Crippen LogP contribution in [0.4, 0.5) is 0 Å². The molecule has 4 rings (SSSR count). The second-order valence-corrected chi connectivity index (χ2v) is 11.3. The number of alkyl halides is 1. The van der Waals surface area contributed by atoms with Crippen LogP contribution < -0.4 is 0 Å². The number of amides is 2. The summed E-state index contributed by atoms with van der Waals surface area (Å²) in [7, 11) is 0. The van der Waals surface area contributed by atoms with Gasteiger partial charge in [0.2, 0.25) is 11.8 Å². The summed E-state index contributed by atoms with van der Waals surface area (Å²) in [6.45, 7) is 7.03. The van der Waals surface area contributed by atoms with E-state index in [0.29, 0.717) is 38.9 Å². The third-order valence-corrected chi connectivity index (χ3v) is 8.61. The van der Waals surface area contributed by atoms with E-state index in [4.69, 9.17) is 14.6 Å². The Morgan fingerprint density at radius 3 is 2.68 bits per heavy atom. The Labute approximate surface area is 227 Å². The molecule has 0 saturated carbocycles. The summed E-state index contributed by atoms with van der Waals surface area (Å²) in [5.41, 5.74) is -0.114. The van der Waals surface area contributed by atoms with Crippen molar-refractivity contribution >= 4 is 33.7 Å². The van der Waals surface area contributed by atoms with Crippen LogP contribution in [-0.4, -0.2) is 81.6 Å². The lowest BCUT2D eigenvalue weighted by atomic mass is 9.70. The Morgan fingerprint density at radius 2 is 2.00 bits per heavy atom. The van der Waals surface area contributed by atoms with Gasteiger partial charge in [0.15, 0.2) is 0 Å². The lowest BCUT2D eigenvalue weighted by molar-refractivity contribution is -0.154. The topological polar surface area (TPSA) is 96.4 Å². The number of hydrogen-bond donors (Lipinski definition) is 1. The number of rotatable bonds is 13. The van der Waals surface area contributed by atoms with Crippen LogP contribution in [0, 0.1) is 11.8 Å². The molecule has 0 aliphatic carbocycles. The van der Waals surface area contributed by atoms with Crippen molar-refractivity contribution in [2.45, 2.75) is 68.1 Å². The average molecular weight is 578 g/mol. The number of hydrogen-bond acceptors (Lipinski definition) is 6. The number of benzene rings is 1. The normalized spacial score (nSPS) is 29.9. The van der Waals surface area contributed by atoms with E-state index in [9.17, 15) is 14.4 Å². The zero-order valence-electron chi connectivity index (χ0n) is 21.4. The van der Waals surface area contributed by atoms with E-state index >= 15 is 0 Å². The molecule has 1 aromatic rings. The van der Waals surface area contributed by atoms with E-state index in [1.165, 1.54) is 0 Å². The van der Waals surface area contributed by atoms with Gasteiger partial charge >= 0.3 is 5.97 Å². The van der Waals surface area contributed by atoms with Crippen molar-refractivity contribution in [1.29, 1.82) is 0 Å². The van der Waals surface area contributed by atoms with Gasteiger partial charge in [0.25, 0.3) is 0 Å². The number of carbonyl (C=O) groups excluding carboxylic acids is 3. The number of nitrogens with zero attached hydrogens (tertiary/aromatic N) is 2. The molecular formula is C28H37BrN2O6. The predicted octanol–water partition coefficient (Wildman–Crippen LogP) is 3.07. The number of halogens is 1. The molecule has 8 nitrogen and oxygen atoms in total. The maximum absolute atomic E-state index is 14.3. The van der Waals surface area contributed by atoms with Crippen LogP contribution in [-0.2, 0) is 30.4 Å². The highest BCUT2D eigenvalue weighted by atomic mass is 79.9. The van der Waals surface area contributed by atoms with Gasteiger partial charge in [-0.2, -0.15) is 0 Å². The van der Waals surface area contributed by atoms with Crippen LogP contribution in [0.15, 0.2) is 43.0 Å². The fraction of sp³-hybridized carbons (Fsp3) is 0.607. The maximum atomic E-state index is 14.3. The van der Waals surface area contributed by atoms with Gasteiger partial charge in [0, 0.05) is 31.1 Å². The number of carbonyl (C=O) groups is 3. The average Bonchev–Trinajstić information content (AvgIpc) is 3.47. The van der Waals surface area contributed by atoms with Gasteiger partial charge in [-0.3, -0.25) is 14.4 Å². The molecule has 2 amide bonds. The lowest BCUT2D eigenvalue weighted by Crippen LogP contribution is -2.56. The molecule has 3 saturated heterocycles. The Morgan fingerprint density at radius 1 is 1.27 bits per heavy atom. The number of esters is 1. The number of aliphatic hydroxyl groups excluding tert-OH is 1. The third-order valence-electron chi connectivity index (χ3n) is 7.77. The number of unbranched alkanes of at least 4 members (excludes halogenated alkanes) is 3. The second-order valence-electron chi connectivity index (χ2n) is 10.1. The van der Waals surface area contributed by atoms with Gasteiger partial charge in [0.1, 0.15) is 11.6 Å². The highest BCUT2D eigenvalue weighted by Crippen LogP contribution is 2.60. The summed E-state index contributed by atoms with van der Waals surface area (Å²) >= 11 is 3.68. The first kappa shape index (κ1) is 27.8. The molecule has 1 aromatic carbocycles. The Hall–Kier alpha value is -2.23. The fourth-order valence-electron chi connectivity index (χ4n) is 6.27. The molecule has 3 aliphatic rings. The summed E-state index contributed by atoms with van der Waals surface area (Å²) in [4.78, 5) is 44.5. The molecule has 1 N–H and O–H groups in total. The van der Waals surface area contributed by atoms with Crippen LogP contribution in [0.3, 0.4) is 0 Å². The zero-order chi connectivity index (χ0) is 26.6. The van der Waals surface area contributed by atoms with Crippen molar-refractivity contribution in [2.24, 2.45) is 11.8 Å². The number of aliphatic hydroxyl groups is 1. The fourth-order valence-corrected chi connectivity index (χ4v) is 7.21. The van der Waals surface area contributed by atoms with E-state index < -0.39 is 35.6 Å². The molecular weight excluding hydrogens is 540 g/mol. The summed E-state index contributed by atoms with van der Waals surface area (Å²) in [6, 6.07) is 8.88. The minimum atomic E-state index is -1.09. The molecule has 0 radical (unpaired) electrons. The van der Waals surface area contributed by atoms with E-state index in [0.717, 1.165) is 18.4 Å². The van der Waals surface area contributed by atoms with E-state index in [1.807, 2.05) is 30.3 Å². The van der Waals surface area contributed by atoms with Crippen LogP contribution in [0.2, 0.25) is 0 Å². The number of ether oxygens (including phenoxy) is 2. The Bertz CT molecular complexity index is 990. The molecule has 1 spiro atoms. The van der Waals surface area contributed by atoms with Crippen molar-refractivity contribution in [1.82, 2.24) is 9.80 Å². The van der Waals surface area contributed by atoms with Crippen LogP contribution in [0.5, 0.6) is 0 Å². The van der Waals surface area contributed by atoms with Crippen molar-refractivity contribution < 1.29 is 29.0 Å². The monoisotopic (exact) mass is 576 g/mol. The van der Waals surface area contributed by atoms with Crippen LogP contribution >= 0.6 is 15.9 Å². The second kappa shape index (κ2) is 12.1. The Balaban J connectivity index is 1.68. The molecule has 37 heavy (non-hydrogen) atoms. The first-order valence-electron chi connectivity index (χ1n) is 13.2. The summed E-state index contributed by atoms with van der Waals surface area (Å²) < 4.78 is 11.9. The standard InChI is InChI=1S/C28H37BrN2O6/c1-3-14-30(18-19-12-8-7-9-13-19)26(34)24-28-17-20(29)23(37-28)21(27(35)36-4-2)22(28)25(33)31(24)15-10-5-6-11-16-32/h3,7-9,12-13,20-24,32H,1,4-6,10-11,14-18H2,2H3/t20?,21-,22+,23-,24?,28?/m1/s1. The molecule has 2 bridgehead atoms. The molecule has 3 aliphatic heterocycles. The SMILES string of the molecule is C=CCN(Cc1ccccc1)C(=O)C1N(CCCCCCO)C(=O)[C@@H]2[C@@H](C(=O)OCC)[C@@H]3OC12CC3Br. The highest BCUT2D eigenvalue weighted by molar-refractivity contribution is 9.09. The Kier molecular flexibility index (Phi) is 9.08. The quantitative estimate of drug-likeness (QED) is 0.168. The molecule has 3 heterocycles. The summed E-state index contributed by atoms with van der Waals surface area (Å²) in [5, 5.41) is 9.11. The predicted molar refractivity (Wildman–Crippen MR) is 142 cm³/mol. The molecule has 3 fully saturated rings. The summed E-state index contributed by atoms with van der Waals surface area (Å²) in [6.07, 6.45) is 4.71. The number of fused-ring (bicyclic) bond motifs is 1. The van der Waals surface area contributed by atoms with E-state index in [2.05, 4.69) is 22.5 Å². The van der Waals surface area contributed by atoms with Gasteiger partial charge in [-0.1, -0.05) is 65.2 Å².